The summed E-state index contributed by atoms with van der Waals surface area (Å²) in [5.74, 6) is -2.46. The highest BCUT2D eigenvalue weighted by molar-refractivity contribution is 7.47. The lowest BCUT2D eigenvalue weighted by Gasteiger charge is -2.20. The first-order valence-electron chi connectivity index (χ1n) is 21.4. The number of unbranched alkanes of at least 4 members (excludes halogenated alkanes) is 15. The van der Waals surface area contributed by atoms with Crippen LogP contribution in [0.25, 0.3) is 0 Å². The fourth-order valence-electron chi connectivity index (χ4n) is 5.42. The van der Waals surface area contributed by atoms with Crippen LogP contribution < -0.4 is 5.73 Å². The average Bonchev–Trinajstić information content (AvgIpc) is 3.18. The molecule has 328 valence electrons. The fourth-order valence-corrected chi connectivity index (χ4v) is 6.20. The van der Waals surface area contributed by atoms with Gasteiger partial charge in [0.05, 0.1) is 19.3 Å². The normalized spacial score (nSPS) is 14.9. The summed E-state index contributed by atoms with van der Waals surface area (Å²) in [6.45, 7) is 2.51. The van der Waals surface area contributed by atoms with E-state index in [1.165, 1.54) is 38.5 Å². The van der Waals surface area contributed by atoms with Crippen LogP contribution in [0.2, 0.25) is 0 Å². The molecule has 5 N–H and O–H groups in total. The predicted molar refractivity (Wildman–Crippen MR) is 227 cm³/mol. The van der Waals surface area contributed by atoms with Crippen molar-refractivity contribution in [1.82, 2.24) is 0 Å². The summed E-state index contributed by atoms with van der Waals surface area (Å²) < 4.78 is 32.6. The number of hydrogen-bond acceptors (Lipinski definition) is 10. The summed E-state index contributed by atoms with van der Waals surface area (Å²) in [6.07, 6.45) is 40.4. The summed E-state index contributed by atoms with van der Waals surface area (Å²) in [5, 5.41) is 18.8. The number of aliphatic hydroxyl groups excluding tert-OH is 1. The molecule has 0 aliphatic heterocycles. The molecule has 0 fully saturated rings. The first-order chi connectivity index (χ1) is 27.5. The van der Waals surface area contributed by atoms with Crippen LogP contribution in [-0.2, 0) is 37.5 Å². The number of hydrogen-bond donors (Lipinski definition) is 4. The molecule has 2 unspecified atom stereocenters. The Labute approximate surface area is 343 Å². The Morgan fingerprint density at radius 2 is 1.19 bits per heavy atom. The third kappa shape index (κ3) is 38.4. The molecule has 4 atom stereocenters. The van der Waals surface area contributed by atoms with E-state index in [1.54, 1.807) is 6.08 Å². The number of esters is 2. The van der Waals surface area contributed by atoms with Gasteiger partial charge in [-0.05, 0) is 70.6 Å². The Balaban J connectivity index is 4.45. The molecule has 0 bridgehead atoms. The summed E-state index contributed by atoms with van der Waals surface area (Å²) in [6, 6.07) is -1.54. The van der Waals surface area contributed by atoms with Crippen LogP contribution in [0.15, 0.2) is 60.8 Å². The second-order valence-electron chi connectivity index (χ2n) is 14.3. The SMILES string of the molecule is CC/C=C/CC(O)/C=C/C=C/CCCCCCCC(=O)O[C@H](COC(=O)CCCCCCCCC/C=C\C/C=C\CCCCC)COP(=O)(O)OC[C@H](N)C(=O)O. The standard InChI is InChI=1S/C44H76NO11P/c1-3-5-7-8-9-10-11-12-13-14-15-16-17-20-23-26-30-34-42(47)53-36-40(37-54-57(51,52)55-38-41(45)44(49)50)56-43(48)35-31-27-24-21-18-19-22-25-29-33-39(46)32-28-6-4-2/h6,9-10,12-13,22,25,28-29,33,39-41,46H,3-5,7-8,11,14-21,23-24,26-27,30-32,34-38,45H2,1-2H3,(H,49,50)(H,51,52)/b10-9-,13-12-,25-22+,28-6+,33-29+/t39?,40-,41+/m1/s1. The summed E-state index contributed by atoms with van der Waals surface area (Å²) in [4.78, 5) is 45.9. The molecule has 0 spiro atoms. The maximum Gasteiger partial charge on any atom is 0.472 e. The number of rotatable bonds is 39. The van der Waals surface area contributed by atoms with Gasteiger partial charge in [-0.2, -0.15) is 0 Å². The number of phosphoric acid groups is 1. The highest BCUT2D eigenvalue weighted by Gasteiger charge is 2.28. The minimum Gasteiger partial charge on any atom is -0.480 e. The molecule has 0 rings (SSSR count). The summed E-state index contributed by atoms with van der Waals surface area (Å²) in [7, 11) is -4.74. The topological polar surface area (TPSA) is 192 Å². The lowest BCUT2D eigenvalue weighted by atomic mass is 10.1. The monoisotopic (exact) mass is 826 g/mol. The van der Waals surface area contributed by atoms with E-state index in [0.717, 1.165) is 77.0 Å². The maximum atomic E-state index is 12.6. The molecule has 0 aliphatic carbocycles. The predicted octanol–water partition coefficient (Wildman–Crippen LogP) is 10.1. The second-order valence-corrected chi connectivity index (χ2v) is 15.7. The molecule has 57 heavy (non-hydrogen) atoms. The molecule has 0 heterocycles. The van der Waals surface area contributed by atoms with Gasteiger partial charge >= 0.3 is 25.7 Å². The maximum absolute atomic E-state index is 12.6. The zero-order chi connectivity index (χ0) is 42.2. The van der Waals surface area contributed by atoms with E-state index in [1.807, 2.05) is 24.3 Å². The van der Waals surface area contributed by atoms with Crippen LogP contribution in [0.5, 0.6) is 0 Å². The lowest BCUT2D eigenvalue weighted by molar-refractivity contribution is -0.161. The molecule has 0 amide bonds. The van der Waals surface area contributed by atoms with Crippen molar-refractivity contribution in [3.05, 3.63) is 60.8 Å². The molecule has 0 aromatic heterocycles. The van der Waals surface area contributed by atoms with Gasteiger partial charge in [0.2, 0.25) is 0 Å². The first-order valence-corrected chi connectivity index (χ1v) is 22.9. The van der Waals surface area contributed by atoms with E-state index in [4.69, 9.17) is 24.8 Å². The van der Waals surface area contributed by atoms with Crippen molar-refractivity contribution in [3.63, 3.8) is 0 Å². The quantitative estimate of drug-likeness (QED) is 0.0151. The fraction of sp³-hybridized carbons (Fsp3) is 0.705. The zero-order valence-corrected chi connectivity index (χ0v) is 35.9. The number of carbonyl (C=O) groups excluding carboxylic acids is 2. The van der Waals surface area contributed by atoms with Crippen LogP contribution >= 0.6 is 7.82 Å². The number of aliphatic carboxylic acids is 1. The van der Waals surface area contributed by atoms with E-state index in [-0.39, 0.29) is 19.4 Å². The van der Waals surface area contributed by atoms with Crippen molar-refractivity contribution in [2.45, 2.75) is 180 Å². The van der Waals surface area contributed by atoms with Gasteiger partial charge in [-0.1, -0.05) is 139 Å². The molecule has 0 saturated heterocycles. The third-order valence-corrected chi connectivity index (χ3v) is 9.78. The number of ether oxygens (including phenoxy) is 2. The molecule has 0 saturated carbocycles. The molecule has 13 heteroatoms. The van der Waals surface area contributed by atoms with Gasteiger partial charge in [0, 0.05) is 12.8 Å². The smallest absolute Gasteiger partial charge is 0.472 e. The Bertz CT molecular complexity index is 1220. The second kappa shape index (κ2) is 38.6. The minimum atomic E-state index is -4.74. The van der Waals surface area contributed by atoms with Crippen molar-refractivity contribution in [1.29, 1.82) is 0 Å². The van der Waals surface area contributed by atoms with Gasteiger partial charge < -0.3 is 30.3 Å². The van der Waals surface area contributed by atoms with E-state index in [0.29, 0.717) is 19.3 Å². The van der Waals surface area contributed by atoms with Crippen molar-refractivity contribution in [2.75, 3.05) is 19.8 Å². The molecule has 0 aromatic carbocycles. The van der Waals surface area contributed by atoms with Gasteiger partial charge in [-0.25, -0.2) is 4.57 Å². The van der Waals surface area contributed by atoms with Crippen molar-refractivity contribution in [2.24, 2.45) is 5.73 Å². The molecule has 0 aromatic rings. The van der Waals surface area contributed by atoms with E-state index in [9.17, 15) is 28.9 Å². The zero-order valence-electron chi connectivity index (χ0n) is 35.0. The van der Waals surface area contributed by atoms with E-state index < -0.39 is 57.2 Å². The highest BCUT2D eigenvalue weighted by atomic mass is 31.2. The van der Waals surface area contributed by atoms with Crippen LogP contribution in [0, 0.1) is 0 Å². The van der Waals surface area contributed by atoms with Gasteiger partial charge in [0.15, 0.2) is 6.10 Å². The van der Waals surface area contributed by atoms with Crippen LogP contribution in [0.4, 0.5) is 0 Å². The number of allylic oxidation sites excluding steroid dienone is 8. The Kier molecular flexibility index (Phi) is 36.7. The average molecular weight is 826 g/mol. The van der Waals surface area contributed by atoms with E-state index >= 15 is 0 Å². The minimum absolute atomic E-state index is 0.110. The highest BCUT2D eigenvalue weighted by Crippen LogP contribution is 2.43. The largest absolute Gasteiger partial charge is 0.480 e. The number of carboxylic acid groups (broad SMARTS) is 1. The number of nitrogens with two attached hydrogens (primary N) is 1. The van der Waals surface area contributed by atoms with Crippen LogP contribution in [-0.4, -0.2) is 71.1 Å². The van der Waals surface area contributed by atoms with Gasteiger partial charge in [0.1, 0.15) is 12.6 Å². The number of aliphatic hydroxyl groups is 1. The summed E-state index contributed by atoms with van der Waals surface area (Å²) in [5.41, 5.74) is 5.32. The number of carbonyl (C=O) groups is 3. The van der Waals surface area contributed by atoms with Crippen LogP contribution in [0.1, 0.15) is 162 Å². The van der Waals surface area contributed by atoms with Gasteiger partial charge in [0.25, 0.3) is 0 Å². The Morgan fingerprint density at radius 3 is 1.79 bits per heavy atom. The van der Waals surface area contributed by atoms with Crippen molar-refractivity contribution in [3.8, 4) is 0 Å². The number of phosphoric ester groups is 1. The lowest BCUT2D eigenvalue weighted by Crippen LogP contribution is -2.34. The molecular weight excluding hydrogens is 749 g/mol. The number of carboxylic acids is 1. The Hall–Kier alpha value is -2.86. The Morgan fingerprint density at radius 1 is 0.649 bits per heavy atom. The molecule has 0 aliphatic rings. The first kappa shape index (κ1) is 54.1. The molecular formula is C44H76NO11P. The molecule has 0 radical (unpaired) electrons. The summed E-state index contributed by atoms with van der Waals surface area (Å²) >= 11 is 0. The van der Waals surface area contributed by atoms with Crippen molar-refractivity contribution < 1.29 is 52.6 Å². The third-order valence-electron chi connectivity index (χ3n) is 8.83. The van der Waals surface area contributed by atoms with E-state index in [2.05, 4.69) is 48.8 Å². The van der Waals surface area contributed by atoms with Crippen LogP contribution in [0.3, 0.4) is 0 Å². The molecule has 12 nitrogen and oxygen atoms in total. The van der Waals surface area contributed by atoms with Crippen molar-refractivity contribution >= 4 is 25.7 Å². The van der Waals surface area contributed by atoms with Gasteiger partial charge in [-0.3, -0.25) is 23.4 Å². The van der Waals surface area contributed by atoms with Gasteiger partial charge in [-0.15, -0.1) is 0 Å².